The van der Waals surface area contributed by atoms with Gasteiger partial charge in [0, 0.05) is 65.9 Å². The third-order valence-corrected chi connectivity index (χ3v) is 8.14. The lowest BCUT2D eigenvalue weighted by molar-refractivity contribution is 0.0834. The lowest BCUT2D eigenvalue weighted by Crippen LogP contribution is -2.50. The molecular weight excluding hydrogens is 565 g/mol. The molecule has 0 aliphatic carbocycles. The number of urea groups is 1. The first-order chi connectivity index (χ1) is 19.2. The van der Waals surface area contributed by atoms with Crippen molar-refractivity contribution >= 4 is 40.5 Å². The number of aliphatic hydroxyl groups is 1. The van der Waals surface area contributed by atoms with E-state index in [1.165, 1.54) is 41.7 Å². The Morgan fingerprint density at radius 2 is 2.17 bits per heavy atom. The minimum atomic E-state index is -2.55. The molecule has 2 saturated heterocycles. The molecule has 3 aliphatic rings. The van der Waals surface area contributed by atoms with Gasteiger partial charge in [-0.05, 0) is 31.1 Å². The highest BCUT2D eigenvalue weighted by molar-refractivity contribution is 7.11. The van der Waals surface area contributed by atoms with E-state index < -0.39 is 30.8 Å². The second kappa shape index (κ2) is 12.1. The number of carbonyl (C=O) groups is 1. The second-order valence-corrected chi connectivity index (χ2v) is 11.2. The highest BCUT2D eigenvalue weighted by Gasteiger charge is 2.41. The zero-order valence-corrected chi connectivity index (χ0v) is 22.9. The number of rotatable bonds is 7. The van der Waals surface area contributed by atoms with E-state index in [2.05, 4.69) is 10.3 Å². The topological polar surface area (TPSA) is 105 Å². The number of fused-ring (bicyclic) bond motifs is 1. The summed E-state index contributed by atoms with van der Waals surface area (Å²) < 4.78 is 39.6. The standard InChI is InChI=1S/C27H28ClF3N6O2S/c28-19-11-15(29)6-7-18(19)24-23(20(32)4-1-5-22(30)31)21-12-16(34-27(39)36-9-2-3-17(38)14-36)13-37(21)25(35-24)26-33-8-10-40-26/h1,4,6-8,10-11,16-17,22,24,32,38H,2-3,5,9,12-14H2,(H,34,39)/b4-1-,32-20?/t16-,17-,24-/m0/s1. The normalized spacial score (nSPS) is 23.1. The molecule has 40 heavy (non-hydrogen) atoms. The van der Waals surface area contributed by atoms with Gasteiger partial charge in [-0.1, -0.05) is 23.7 Å². The summed E-state index contributed by atoms with van der Waals surface area (Å²) in [5.41, 5.74) is 1.55. The number of amidine groups is 1. The summed E-state index contributed by atoms with van der Waals surface area (Å²) in [6, 6.07) is 2.47. The molecule has 0 saturated carbocycles. The monoisotopic (exact) mass is 592 g/mol. The van der Waals surface area contributed by atoms with Gasteiger partial charge in [-0.2, -0.15) is 0 Å². The number of allylic oxidation sites excluding steroid dienone is 2. The van der Waals surface area contributed by atoms with Crippen LogP contribution in [0.3, 0.4) is 0 Å². The average molecular weight is 593 g/mol. The van der Waals surface area contributed by atoms with Crippen molar-refractivity contribution in [1.29, 1.82) is 5.41 Å². The number of carbonyl (C=O) groups excluding carboxylic acids is 1. The molecule has 3 atom stereocenters. The van der Waals surface area contributed by atoms with E-state index in [1.54, 1.807) is 11.1 Å². The summed E-state index contributed by atoms with van der Waals surface area (Å²) in [5, 5.41) is 24.5. The van der Waals surface area contributed by atoms with Crippen molar-refractivity contribution < 1.29 is 23.1 Å². The molecule has 1 aromatic carbocycles. The molecule has 3 N–H and O–H groups in total. The van der Waals surface area contributed by atoms with E-state index in [0.717, 1.165) is 0 Å². The third kappa shape index (κ3) is 6.08. The Morgan fingerprint density at radius 1 is 1.35 bits per heavy atom. The number of piperidine rings is 1. The molecule has 4 heterocycles. The van der Waals surface area contributed by atoms with Gasteiger partial charge in [0.05, 0.1) is 17.9 Å². The van der Waals surface area contributed by atoms with Crippen LogP contribution in [-0.2, 0) is 0 Å². The van der Waals surface area contributed by atoms with Crippen LogP contribution in [0.5, 0.6) is 0 Å². The number of likely N-dealkylation sites (tertiary alicyclic amines) is 1. The summed E-state index contributed by atoms with van der Waals surface area (Å²) in [5.74, 6) is -0.00320. The number of β-amino-alcohol motifs (C(OH)–C–C–N with tert-alkyl or cyclic N) is 1. The first-order valence-electron chi connectivity index (χ1n) is 12.9. The van der Waals surface area contributed by atoms with Crippen molar-refractivity contribution in [3.05, 3.63) is 74.6 Å². The number of aliphatic hydroxyl groups excluding tert-OH is 1. The number of halogens is 4. The molecule has 2 aromatic rings. The number of thiazole rings is 1. The smallest absolute Gasteiger partial charge is 0.317 e. The number of nitrogens with zero attached hydrogens (tertiary/aromatic N) is 4. The largest absolute Gasteiger partial charge is 0.391 e. The van der Waals surface area contributed by atoms with Gasteiger partial charge < -0.3 is 25.6 Å². The second-order valence-electron chi connectivity index (χ2n) is 9.86. The zero-order chi connectivity index (χ0) is 28.4. The van der Waals surface area contributed by atoms with Crippen LogP contribution >= 0.6 is 22.9 Å². The number of hydrogen-bond acceptors (Lipinski definition) is 7. The Balaban J connectivity index is 1.54. The summed E-state index contributed by atoms with van der Waals surface area (Å²) >= 11 is 7.83. The fourth-order valence-corrected chi connectivity index (χ4v) is 6.17. The predicted molar refractivity (Wildman–Crippen MR) is 148 cm³/mol. The Morgan fingerprint density at radius 3 is 2.88 bits per heavy atom. The van der Waals surface area contributed by atoms with Crippen LogP contribution in [0.15, 0.2) is 58.2 Å². The van der Waals surface area contributed by atoms with Gasteiger partial charge in [0.25, 0.3) is 0 Å². The van der Waals surface area contributed by atoms with Gasteiger partial charge in [0.1, 0.15) is 11.9 Å². The zero-order valence-electron chi connectivity index (χ0n) is 21.4. The van der Waals surface area contributed by atoms with Gasteiger partial charge in [0.15, 0.2) is 10.8 Å². The predicted octanol–water partition coefficient (Wildman–Crippen LogP) is 5.16. The highest BCUT2D eigenvalue weighted by Crippen LogP contribution is 2.42. The minimum Gasteiger partial charge on any atom is -0.391 e. The fraction of sp³-hybridized carbons (Fsp3) is 0.407. The van der Waals surface area contributed by atoms with Gasteiger partial charge in [0.2, 0.25) is 6.43 Å². The molecule has 0 radical (unpaired) electrons. The molecule has 0 spiro atoms. The van der Waals surface area contributed by atoms with E-state index >= 15 is 0 Å². The van der Waals surface area contributed by atoms with Gasteiger partial charge in [-0.3, -0.25) is 4.99 Å². The summed E-state index contributed by atoms with van der Waals surface area (Å²) in [6.07, 6.45) is 2.28. The lowest BCUT2D eigenvalue weighted by Gasteiger charge is -2.32. The van der Waals surface area contributed by atoms with Crippen molar-refractivity contribution in [2.45, 2.75) is 50.3 Å². The lowest BCUT2D eigenvalue weighted by atomic mass is 9.90. The van der Waals surface area contributed by atoms with Crippen LogP contribution in [-0.4, -0.2) is 75.7 Å². The van der Waals surface area contributed by atoms with Crippen molar-refractivity contribution in [2.75, 3.05) is 19.6 Å². The van der Waals surface area contributed by atoms with Crippen LogP contribution in [0.2, 0.25) is 5.02 Å². The maximum atomic E-state index is 13.9. The first-order valence-corrected chi connectivity index (χ1v) is 14.2. The molecule has 5 rings (SSSR count). The molecule has 212 valence electrons. The van der Waals surface area contributed by atoms with E-state index in [1.807, 2.05) is 10.3 Å². The maximum absolute atomic E-state index is 13.9. The van der Waals surface area contributed by atoms with Crippen LogP contribution < -0.4 is 5.32 Å². The van der Waals surface area contributed by atoms with Crippen molar-refractivity contribution in [1.82, 2.24) is 20.1 Å². The number of aromatic nitrogens is 1. The Bertz CT molecular complexity index is 1370. The molecule has 8 nitrogen and oxygen atoms in total. The summed E-state index contributed by atoms with van der Waals surface area (Å²) in [4.78, 5) is 25.9. The van der Waals surface area contributed by atoms with E-state index in [9.17, 15) is 23.1 Å². The molecule has 0 bridgehead atoms. The van der Waals surface area contributed by atoms with Crippen LogP contribution in [0.4, 0.5) is 18.0 Å². The number of nitrogens with one attached hydrogen (secondary N) is 2. The Kier molecular flexibility index (Phi) is 8.57. The quantitative estimate of drug-likeness (QED) is 0.386. The fourth-order valence-electron chi connectivity index (χ4n) is 5.26. The number of alkyl halides is 2. The molecule has 3 aliphatic heterocycles. The highest BCUT2D eigenvalue weighted by atomic mass is 35.5. The van der Waals surface area contributed by atoms with E-state index in [4.69, 9.17) is 22.0 Å². The molecule has 1 aromatic heterocycles. The van der Waals surface area contributed by atoms with Gasteiger partial charge >= 0.3 is 6.03 Å². The first kappa shape index (κ1) is 28.3. The summed E-state index contributed by atoms with van der Waals surface area (Å²) in [6.45, 7) is 1.15. The average Bonchev–Trinajstić information content (AvgIpc) is 3.58. The van der Waals surface area contributed by atoms with Crippen molar-refractivity contribution in [3.8, 4) is 0 Å². The molecule has 2 fully saturated rings. The summed E-state index contributed by atoms with van der Waals surface area (Å²) in [7, 11) is 0. The molecule has 2 amide bonds. The van der Waals surface area contributed by atoms with Crippen LogP contribution in [0.25, 0.3) is 0 Å². The van der Waals surface area contributed by atoms with Crippen molar-refractivity contribution in [2.24, 2.45) is 4.99 Å². The third-order valence-electron chi connectivity index (χ3n) is 7.04. The van der Waals surface area contributed by atoms with Crippen LogP contribution in [0.1, 0.15) is 42.3 Å². The molecular formula is C27H28ClF3N6O2S. The van der Waals surface area contributed by atoms with Crippen LogP contribution in [0, 0.1) is 11.2 Å². The minimum absolute atomic E-state index is 0.0286. The number of aliphatic imine (C=N–C) groups is 1. The van der Waals surface area contributed by atoms with Gasteiger partial charge in [-0.25, -0.2) is 22.9 Å². The SMILES string of the molecule is N=C(/C=C\CC(F)F)C1=C2C[C@H](NC(=O)N3CCC[C@H](O)C3)CN2C(c2nccs2)=N[C@H]1c1ccc(F)cc1Cl. The molecule has 0 unspecified atom stereocenters. The Hall–Kier alpha value is -3.22. The van der Waals surface area contributed by atoms with Gasteiger partial charge in [-0.15, -0.1) is 11.3 Å². The maximum Gasteiger partial charge on any atom is 0.317 e. The van der Waals surface area contributed by atoms with E-state index in [0.29, 0.717) is 60.0 Å². The van der Waals surface area contributed by atoms with E-state index in [-0.39, 0.29) is 29.4 Å². The Labute approximate surface area is 238 Å². The van der Waals surface area contributed by atoms with Crippen molar-refractivity contribution in [3.63, 3.8) is 0 Å². The number of amides is 2. The molecule has 13 heteroatoms. The number of benzene rings is 1. The number of hydrogen-bond donors (Lipinski definition) is 3.